The lowest BCUT2D eigenvalue weighted by atomic mass is 10.1. The molecule has 17 heavy (non-hydrogen) atoms. The summed E-state index contributed by atoms with van der Waals surface area (Å²) in [5.74, 6) is 0. The number of hydrogen-bond donors (Lipinski definition) is 1. The van der Waals surface area contributed by atoms with Gasteiger partial charge >= 0.3 is 0 Å². The van der Waals surface area contributed by atoms with Crippen LogP contribution in [0.4, 0.5) is 5.69 Å². The molecule has 0 amide bonds. The van der Waals surface area contributed by atoms with Crippen LogP contribution in [0.15, 0.2) is 24.3 Å². The first-order valence-electron chi connectivity index (χ1n) is 6.27. The minimum absolute atomic E-state index is 0.206. The van der Waals surface area contributed by atoms with Crippen molar-refractivity contribution in [1.29, 1.82) is 0 Å². The Hall–Kier alpha value is -1.06. The van der Waals surface area contributed by atoms with Gasteiger partial charge in [0.05, 0.1) is 12.6 Å². The second-order valence-electron chi connectivity index (χ2n) is 5.06. The van der Waals surface area contributed by atoms with Gasteiger partial charge in [0.2, 0.25) is 0 Å². The minimum atomic E-state index is 0.206. The molecule has 0 bridgehead atoms. The quantitative estimate of drug-likeness (QED) is 0.840. The number of aliphatic hydroxyl groups excluding tert-OH is 1. The van der Waals surface area contributed by atoms with Crippen LogP contribution < -0.4 is 4.90 Å². The summed E-state index contributed by atoms with van der Waals surface area (Å²) in [5, 5.41) is 9.55. The summed E-state index contributed by atoms with van der Waals surface area (Å²) in [7, 11) is 2.13. The first-order chi connectivity index (χ1) is 8.13. The highest BCUT2D eigenvalue weighted by Gasteiger charge is 2.29. The van der Waals surface area contributed by atoms with Crippen LogP contribution >= 0.6 is 0 Å². The number of rotatable bonds is 2. The molecule has 1 heterocycles. The number of nitrogens with zero attached hydrogens (tertiary/aromatic N) is 2. The monoisotopic (exact) mass is 234 g/mol. The maximum atomic E-state index is 9.55. The van der Waals surface area contributed by atoms with E-state index >= 15 is 0 Å². The second-order valence-corrected chi connectivity index (χ2v) is 5.06. The van der Waals surface area contributed by atoms with Gasteiger partial charge in [-0.25, -0.2) is 0 Å². The summed E-state index contributed by atoms with van der Waals surface area (Å²) in [5.41, 5.74) is 2.54. The molecule has 1 aromatic carbocycles. The molecule has 0 aromatic heterocycles. The molecule has 0 spiro atoms. The van der Waals surface area contributed by atoms with Gasteiger partial charge in [0.15, 0.2) is 0 Å². The second kappa shape index (κ2) is 5.07. The van der Waals surface area contributed by atoms with E-state index in [2.05, 4.69) is 55.0 Å². The zero-order chi connectivity index (χ0) is 12.4. The van der Waals surface area contributed by atoms with Gasteiger partial charge in [-0.15, -0.1) is 0 Å². The highest BCUT2D eigenvalue weighted by atomic mass is 16.3. The van der Waals surface area contributed by atoms with Crippen LogP contribution in [0.2, 0.25) is 0 Å². The van der Waals surface area contributed by atoms with Gasteiger partial charge in [0, 0.05) is 24.8 Å². The number of likely N-dealkylation sites (N-methyl/N-ethyl adjacent to an activating group) is 1. The normalized spacial score (nSPS) is 26.2. The summed E-state index contributed by atoms with van der Waals surface area (Å²) >= 11 is 0. The van der Waals surface area contributed by atoms with Crippen molar-refractivity contribution in [2.24, 2.45) is 0 Å². The smallest absolute Gasteiger partial charge is 0.0648 e. The number of hydrogen-bond acceptors (Lipinski definition) is 3. The zero-order valence-electron chi connectivity index (χ0n) is 10.9. The van der Waals surface area contributed by atoms with Crippen LogP contribution in [0, 0.1) is 6.92 Å². The SMILES string of the molecule is Cc1ccccc1N1CC(C)N(C)CC1CO. The summed E-state index contributed by atoms with van der Waals surface area (Å²) in [6, 6.07) is 9.14. The lowest BCUT2D eigenvalue weighted by Gasteiger charge is -2.45. The maximum absolute atomic E-state index is 9.55. The van der Waals surface area contributed by atoms with Crippen molar-refractivity contribution < 1.29 is 5.11 Å². The van der Waals surface area contributed by atoms with Gasteiger partial charge < -0.3 is 10.0 Å². The molecule has 0 saturated carbocycles. The number of aryl methyl sites for hydroxylation is 1. The fourth-order valence-corrected chi connectivity index (χ4v) is 2.52. The Kier molecular flexibility index (Phi) is 3.69. The fraction of sp³-hybridized carbons (Fsp3) is 0.571. The summed E-state index contributed by atoms with van der Waals surface area (Å²) in [6.45, 7) is 6.48. The van der Waals surface area contributed by atoms with Crippen molar-refractivity contribution in [2.45, 2.75) is 25.9 Å². The van der Waals surface area contributed by atoms with E-state index in [4.69, 9.17) is 0 Å². The predicted octanol–water partition coefficient (Wildman–Crippen LogP) is 1.50. The Morgan fingerprint density at radius 1 is 1.29 bits per heavy atom. The van der Waals surface area contributed by atoms with Crippen molar-refractivity contribution in [2.75, 3.05) is 31.6 Å². The predicted molar refractivity (Wildman–Crippen MR) is 71.5 cm³/mol. The molecule has 1 aliphatic rings. The first kappa shape index (κ1) is 12.4. The van der Waals surface area contributed by atoms with E-state index in [1.807, 2.05) is 0 Å². The Balaban J connectivity index is 2.27. The molecule has 2 atom stereocenters. The van der Waals surface area contributed by atoms with Gasteiger partial charge in [-0.3, -0.25) is 4.90 Å². The van der Waals surface area contributed by atoms with E-state index in [1.165, 1.54) is 11.3 Å². The number of piperazine rings is 1. The lowest BCUT2D eigenvalue weighted by Crippen LogP contribution is -2.57. The van der Waals surface area contributed by atoms with E-state index in [1.54, 1.807) is 0 Å². The number of aliphatic hydroxyl groups is 1. The van der Waals surface area contributed by atoms with Gasteiger partial charge in [-0.05, 0) is 32.5 Å². The zero-order valence-corrected chi connectivity index (χ0v) is 10.9. The average molecular weight is 234 g/mol. The van der Waals surface area contributed by atoms with Crippen molar-refractivity contribution >= 4 is 5.69 Å². The summed E-state index contributed by atoms with van der Waals surface area (Å²) < 4.78 is 0. The average Bonchev–Trinajstić information content (AvgIpc) is 2.33. The van der Waals surface area contributed by atoms with E-state index in [0.29, 0.717) is 6.04 Å². The van der Waals surface area contributed by atoms with E-state index in [-0.39, 0.29) is 12.6 Å². The van der Waals surface area contributed by atoms with Gasteiger partial charge in [-0.1, -0.05) is 18.2 Å². The molecule has 94 valence electrons. The van der Waals surface area contributed by atoms with Crippen molar-refractivity contribution in [3.05, 3.63) is 29.8 Å². The third-order valence-corrected chi connectivity index (χ3v) is 3.79. The third-order valence-electron chi connectivity index (χ3n) is 3.79. The fourth-order valence-electron chi connectivity index (χ4n) is 2.52. The maximum Gasteiger partial charge on any atom is 0.0648 e. The molecule has 3 nitrogen and oxygen atoms in total. The lowest BCUT2D eigenvalue weighted by molar-refractivity contribution is 0.155. The molecule has 1 aliphatic heterocycles. The van der Waals surface area contributed by atoms with E-state index < -0.39 is 0 Å². The standard InChI is InChI=1S/C14H22N2O/c1-11-6-4-5-7-14(11)16-8-12(2)15(3)9-13(16)10-17/h4-7,12-13,17H,8-10H2,1-3H3. The Labute approximate surface area is 104 Å². The highest BCUT2D eigenvalue weighted by molar-refractivity contribution is 5.54. The minimum Gasteiger partial charge on any atom is -0.394 e. The van der Waals surface area contributed by atoms with Gasteiger partial charge in [-0.2, -0.15) is 0 Å². The van der Waals surface area contributed by atoms with E-state index in [0.717, 1.165) is 13.1 Å². The van der Waals surface area contributed by atoms with E-state index in [9.17, 15) is 5.11 Å². The number of anilines is 1. The highest BCUT2D eigenvalue weighted by Crippen LogP contribution is 2.25. The number of benzene rings is 1. The Bertz CT molecular complexity index is 380. The Morgan fingerprint density at radius 2 is 2.00 bits per heavy atom. The van der Waals surface area contributed by atoms with Crippen molar-refractivity contribution in [3.63, 3.8) is 0 Å². The van der Waals surface area contributed by atoms with Crippen molar-refractivity contribution in [3.8, 4) is 0 Å². The Morgan fingerprint density at radius 3 is 2.65 bits per heavy atom. The van der Waals surface area contributed by atoms with Crippen LogP contribution in [-0.4, -0.2) is 48.8 Å². The van der Waals surface area contributed by atoms with Crippen LogP contribution in [0.3, 0.4) is 0 Å². The molecule has 2 unspecified atom stereocenters. The molecule has 3 heteroatoms. The molecule has 0 radical (unpaired) electrons. The number of para-hydroxylation sites is 1. The van der Waals surface area contributed by atoms with Crippen LogP contribution in [-0.2, 0) is 0 Å². The van der Waals surface area contributed by atoms with Crippen molar-refractivity contribution in [1.82, 2.24) is 4.90 Å². The molecule has 1 N–H and O–H groups in total. The topological polar surface area (TPSA) is 26.7 Å². The summed E-state index contributed by atoms with van der Waals surface area (Å²) in [4.78, 5) is 4.66. The van der Waals surface area contributed by atoms with Gasteiger partial charge in [0.1, 0.15) is 0 Å². The summed E-state index contributed by atoms with van der Waals surface area (Å²) in [6.07, 6.45) is 0. The molecule has 0 aliphatic carbocycles. The molecular formula is C14H22N2O. The molecule has 1 fully saturated rings. The van der Waals surface area contributed by atoms with Gasteiger partial charge in [0.25, 0.3) is 0 Å². The molecule has 1 aromatic rings. The third kappa shape index (κ3) is 2.45. The largest absolute Gasteiger partial charge is 0.394 e. The van der Waals surface area contributed by atoms with Crippen LogP contribution in [0.5, 0.6) is 0 Å². The van der Waals surface area contributed by atoms with Crippen LogP contribution in [0.25, 0.3) is 0 Å². The molecular weight excluding hydrogens is 212 g/mol. The first-order valence-corrected chi connectivity index (χ1v) is 6.27. The van der Waals surface area contributed by atoms with Crippen LogP contribution in [0.1, 0.15) is 12.5 Å². The molecule has 2 rings (SSSR count). The molecule has 1 saturated heterocycles.